The molecule has 1 aromatic carbocycles. The summed E-state index contributed by atoms with van der Waals surface area (Å²) in [6.07, 6.45) is 1.78. The summed E-state index contributed by atoms with van der Waals surface area (Å²) in [5.41, 5.74) is 6.91. The van der Waals surface area contributed by atoms with Crippen molar-refractivity contribution in [3.8, 4) is 0 Å². The molecule has 0 unspecified atom stereocenters. The zero-order chi connectivity index (χ0) is 13.1. The second kappa shape index (κ2) is 5.22. The van der Waals surface area contributed by atoms with Crippen molar-refractivity contribution in [3.63, 3.8) is 0 Å². The average Bonchev–Trinajstić information content (AvgIpc) is 2.81. The number of hydrogen-bond donors (Lipinski definition) is 2. The Hall–Kier alpha value is -1.82. The first-order valence-corrected chi connectivity index (χ1v) is 5.98. The molecule has 3 N–H and O–H groups in total. The van der Waals surface area contributed by atoms with Gasteiger partial charge in [0.05, 0.1) is 5.69 Å². The molecule has 0 fully saturated rings. The van der Waals surface area contributed by atoms with E-state index in [4.69, 9.17) is 10.9 Å². The van der Waals surface area contributed by atoms with E-state index in [1.54, 1.807) is 29.0 Å². The van der Waals surface area contributed by atoms with E-state index in [0.29, 0.717) is 12.2 Å². The van der Waals surface area contributed by atoms with Crippen molar-refractivity contribution >= 4 is 21.8 Å². The molecule has 1 aromatic heterocycles. The third-order valence-electron chi connectivity index (χ3n) is 2.55. The van der Waals surface area contributed by atoms with Gasteiger partial charge in [-0.1, -0.05) is 21.1 Å². The highest BCUT2D eigenvalue weighted by molar-refractivity contribution is 9.10. The van der Waals surface area contributed by atoms with Crippen molar-refractivity contribution in [2.75, 3.05) is 0 Å². The SMILES string of the molecule is N/C(=N/O)c1cccn1Cc1cc(F)ccc1Br. The molecular weight excluding hydrogens is 301 g/mol. The minimum atomic E-state index is -0.300. The number of amidine groups is 1. The van der Waals surface area contributed by atoms with E-state index in [1.807, 2.05) is 0 Å². The van der Waals surface area contributed by atoms with Gasteiger partial charge in [-0.2, -0.15) is 0 Å². The number of halogens is 2. The molecule has 0 spiro atoms. The Kier molecular flexibility index (Phi) is 3.66. The molecule has 0 saturated heterocycles. The molecule has 0 saturated carbocycles. The summed E-state index contributed by atoms with van der Waals surface area (Å²) in [7, 11) is 0. The number of rotatable bonds is 3. The van der Waals surface area contributed by atoms with Crippen LogP contribution >= 0.6 is 15.9 Å². The summed E-state index contributed by atoms with van der Waals surface area (Å²) in [4.78, 5) is 0. The highest BCUT2D eigenvalue weighted by Gasteiger charge is 2.08. The number of nitrogens with two attached hydrogens (primary N) is 1. The van der Waals surface area contributed by atoms with Crippen LogP contribution in [0.25, 0.3) is 0 Å². The lowest BCUT2D eigenvalue weighted by molar-refractivity contribution is 0.318. The average molecular weight is 312 g/mol. The molecule has 6 heteroatoms. The van der Waals surface area contributed by atoms with Crippen LogP contribution in [0.3, 0.4) is 0 Å². The maximum absolute atomic E-state index is 13.2. The van der Waals surface area contributed by atoms with Crippen molar-refractivity contribution in [2.45, 2.75) is 6.54 Å². The minimum Gasteiger partial charge on any atom is -0.409 e. The molecule has 0 amide bonds. The zero-order valence-corrected chi connectivity index (χ0v) is 10.9. The minimum absolute atomic E-state index is 0.0209. The van der Waals surface area contributed by atoms with Crippen LogP contribution in [0.4, 0.5) is 4.39 Å². The third kappa shape index (κ3) is 2.53. The first kappa shape index (κ1) is 12.6. The van der Waals surface area contributed by atoms with Crippen molar-refractivity contribution < 1.29 is 9.60 Å². The Morgan fingerprint density at radius 1 is 1.44 bits per heavy atom. The van der Waals surface area contributed by atoms with Gasteiger partial charge in [-0.25, -0.2) is 4.39 Å². The van der Waals surface area contributed by atoms with Gasteiger partial charge >= 0.3 is 0 Å². The summed E-state index contributed by atoms with van der Waals surface area (Å²) in [5, 5.41) is 11.6. The van der Waals surface area contributed by atoms with E-state index >= 15 is 0 Å². The van der Waals surface area contributed by atoms with Crippen LogP contribution in [0.5, 0.6) is 0 Å². The maximum Gasteiger partial charge on any atom is 0.186 e. The molecule has 0 aliphatic carbocycles. The highest BCUT2D eigenvalue weighted by Crippen LogP contribution is 2.19. The van der Waals surface area contributed by atoms with Crippen molar-refractivity contribution in [3.05, 3.63) is 58.1 Å². The summed E-state index contributed by atoms with van der Waals surface area (Å²) < 4.78 is 15.8. The maximum atomic E-state index is 13.2. The fourth-order valence-corrected chi connectivity index (χ4v) is 2.06. The quantitative estimate of drug-likeness (QED) is 0.396. The van der Waals surface area contributed by atoms with Crippen molar-refractivity contribution in [1.82, 2.24) is 4.57 Å². The first-order chi connectivity index (χ1) is 8.61. The number of aromatic nitrogens is 1. The first-order valence-electron chi connectivity index (χ1n) is 5.19. The van der Waals surface area contributed by atoms with Crippen molar-refractivity contribution in [1.29, 1.82) is 0 Å². The van der Waals surface area contributed by atoms with Gasteiger partial charge in [0.15, 0.2) is 5.84 Å². The van der Waals surface area contributed by atoms with Gasteiger partial charge in [0, 0.05) is 17.2 Å². The second-order valence-electron chi connectivity index (χ2n) is 3.74. The normalized spacial score (nSPS) is 11.8. The standard InChI is InChI=1S/C12H11BrFN3O/c13-10-4-3-9(14)6-8(10)7-17-5-1-2-11(17)12(15)16-18/h1-6,18H,7H2,(H2,15,16). The molecule has 18 heavy (non-hydrogen) atoms. The lowest BCUT2D eigenvalue weighted by Crippen LogP contribution is -2.18. The molecule has 0 aliphatic heterocycles. The molecule has 4 nitrogen and oxygen atoms in total. The highest BCUT2D eigenvalue weighted by atomic mass is 79.9. The smallest absolute Gasteiger partial charge is 0.186 e. The lowest BCUT2D eigenvalue weighted by Gasteiger charge is -2.10. The number of nitrogens with zero attached hydrogens (tertiary/aromatic N) is 2. The van der Waals surface area contributed by atoms with Gasteiger partial charge in [0.2, 0.25) is 0 Å². The van der Waals surface area contributed by atoms with Gasteiger partial charge < -0.3 is 15.5 Å². The number of oxime groups is 1. The fourth-order valence-electron chi connectivity index (χ4n) is 1.68. The van der Waals surface area contributed by atoms with Crippen LogP contribution in [0, 0.1) is 5.82 Å². The van der Waals surface area contributed by atoms with E-state index in [9.17, 15) is 4.39 Å². The monoisotopic (exact) mass is 311 g/mol. The van der Waals surface area contributed by atoms with E-state index in [2.05, 4.69) is 21.1 Å². The van der Waals surface area contributed by atoms with Crippen LogP contribution in [-0.4, -0.2) is 15.6 Å². The Labute approximate surface area is 112 Å². The molecule has 0 radical (unpaired) electrons. The predicted octanol–water partition coefficient (Wildman–Crippen LogP) is 2.53. The van der Waals surface area contributed by atoms with Crippen LogP contribution < -0.4 is 5.73 Å². The van der Waals surface area contributed by atoms with E-state index < -0.39 is 0 Å². The number of benzene rings is 1. The summed E-state index contributed by atoms with van der Waals surface area (Å²) in [6, 6.07) is 7.98. The summed E-state index contributed by atoms with van der Waals surface area (Å²) in [6.45, 7) is 0.427. The molecule has 2 rings (SSSR count). The van der Waals surface area contributed by atoms with Gasteiger partial charge in [-0.05, 0) is 35.9 Å². The molecule has 0 atom stereocenters. The largest absolute Gasteiger partial charge is 0.409 e. The molecule has 2 aromatic rings. The van der Waals surface area contributed by atoms with Gasteiger partial charge in [0.1, 0.15) is 5.82 Å². The van der Waals surface area contributed by atoms with Crippen LogP contribution in [0.2, 0.25) is 0 Å². The summed E-state index contributed by atoms with van der Waals surface area (Å²) >= 11 is 3.36. The Bertz CT molecular complexity index is 595. The van der Waals surface area contributed by atoms with Crippen LogP contribution in [-0.2, 0) is 6.54 Å². The topological polar surface area (TPSA) is 63.5 Å². The summed E-state index contributed by atoms with van der Waals surface area (Å²) in [5.74, 6) is -0.279. The number of hydrogen-bond acceptors (Lipinski definition) is 2. The Morgan fingerprint density at radius 3 is 2.94 bits per heavy atom. The van der Waals surface area contributed by atoms with E-state index in [1.165, 1.54) is 12.1 Å². The lowest BCUT2D eigenvalue weighted by atomic mass is 10.2. The molecule has 1 heterocycles. The van der Waals surface area contributed by atoms with Crippen molar-refractivity contribution in [2.24, 2.45) is 10.9 Å². The third-order valence-corrected chi connectivity index (χ3v) is 3.32. The van der Waals surface area contributed by atoms with Crippen LogP contribution in [0.15, 0.2) is 46.2 Å². The van der Waals surface area contributed by atoms with Gasteiger partial charge in [-0.15, -0.1) is 0 Å². The second-order valence-corrected chi connectivity index (χ2v) is 4.60. The van der Waals surface area contributed by atoms with Crippen LogP contribution in [0.1, 0.15) is 11.3 Å². The Balaban J connectivity index is 2.35. The van der Waals surface area contributed by atoms with Gasteiger partial charge in [-0.3, -0.25) is 0 Å². The molecule has 94 valence electrons. The van der Waals surface area contributed by atoms with E-state index in [-0.39, 0.29) is 11.7 Å². The predicted molar refractivity (Wildman–Crippen MR) is 70.1 cm³/mol. The Morgan fingerprint density at radius 2 is 2.22 bits per heavy atom. The molecular formula is C12H11BrFN3O. The fraction of sp³-hybridized carbons (Fsp3) is 0.0833. The molecule has 0 bridgehead atoms. The van der Waals surface area contributed by atoms with E-state index in [0.717, 1.165) is 10.0 Å². The van der Waals surface area contributed by atoms with Gasteiger partial charge in [0.25, 0.3) is 0 Å². The zero-order valence-electron chi connectivity index (χ0n) is 9.35. The molecule has 0 aliphatic rings.